The molecule has 0 aromatic heterocycles. The molecule has 0 saturated heterocycles. The van der Waals surface area contributed by atoms with Crippen LogP contribution in [-0.4, -0.2) is 23.7 Å². The Bertz CT molecular complexity index is 376. The van der Waals surface area contributed by atoms with Crippen LogP contribution in [0.25, 0.3) is 0 Å². The summed E-state index contributed by atoms with van der Waals surface area (Å²) in [5.74, 6) is 0.270. The molecule has 3 nitrogen and oxygen atoms in total. The van der Waals surface area contributed by atoms with Gasteiger partial charge in [-0.3, -0.25) is 4.79 Å². The second-order valence-corrected chi connectivity index (χ2v) is 5.24. The summed E-state index contributed by atoms with van der Waals surface area (Å²) >= 11 is 0. The second-order valence-electron chi connectivity index (χ2n) is 5.24. The number of rotatable bonds is 7. The molecule has 0 aliphatic rings. The lowest BCUT2D eigenvalue weighted by Crippen LogP contribution is -2.41. The molecule has 0 bridgehead atoms. The van der Waals surface area contributed by atoms with E-state index in [-0.39, 0.29) is 24.5 Å². The van der Waals surface area contributed by atoms with Crippen molar-refractivity contribution < 1.29 is 9.90 Å². The van der Waals surface area contributed by atoms with Gasteiger partial charge in [0.2, 0.25) is 5.91 Å². The SMILES string of the molecule is CCC(C(=O)NC(CCO)C(C)C)c1ccccc1. The fourth-order valence-electron chi connectivity index (χ4n) is 2.25. The monoisotopic (exact) mass is 263 g/mol. The van der Waals surface area contributed by atoms with Crippen molar-refractivity contribution >= 4 is 5.91 Å². The zero-order valence-electron chi connectivity index (χ0n) is 12.1. The summed E-state index contributed by atoms with van der Waals surface area (Å²) < 4.78 is 0. The first-order chi connectivity index (χ1) is 9.10. The highest BCUT2D eigenvalue weighted by atomic mass is 16.3. The number of carbonyl (C=O) groups excluding carboxylic acids is 1. The zero-order valence-corrected chi connectivity index (χ0v) is 12.1. The molecular formula is C16H25NO2. The van der Waals surface area contributed by atoms with Crippen molar-refractivity contribution in [2.24, 2.45) is 5.92 Å². The third-order valence-electron chi connectivity index (χ3n) is 3.50. The predicted octanol–water partition coefficient (Wildman–Crippen LogP) is 2.70. The van der Waals surface area contributed by atoms with Crippen molar-refractivity contribution in [3.8, 4) is 0 Å². The van der Waals surface area contributed by atoms with Crippen molar-refractivity contribution in [1.29, 1.82) is 0 Å². The van der Waals surface area contributed by atoms with E-state index in [0.29, 0.717) is 12.3 Å². The maximum atomic E-state index is 12.4. The lowest BCUT2D eigenvalue weighted by atomic mass is 9.94. The van der Waals surface area contributed by atoms with E-state index in [9.17, 15) is 4.79 Å². The van der Waals surface area contributed by atoms with Crippen LogP contribution in [0.5, 0.6) is 0 Å². The number of aliphatic hydroxyl groups is 1. The fraction of sp³-hybridized carbons (Fsp3) is 0.562. The quantitative estimate of drug-likeness (QED) is 0.794. The van der Waals surface area contributed by atoms with E-state index in [2.05, 4.69) is 19.2 Å². The second kappa shape index (κ2) is 7.95. The number of hydrogen-bond acceptors (Lipinski definition) is 2. The highest BCUT2D eigenvalue weighted by Gasteiger charge is 2.22. The Hall–Kier alpha value is -1.35. The van der Waals surface area contributed by atoms with E-state index < -0.39 is 0 Å². The number of carbonyl (C=O) groups is 1. The van der Waals surface area contributed by atoms with Gasteiger partial charge in [0.15, 0.2) is 0 Å². The molecule has 0 heterocycles. The summed E-state index contributed by atoms with van der Waals surface area (Å²) in [6, 6.07) is 9.89. The molecule has 2 N–H and O–H groups in total. The van der Waals surface area contributed by atoms with Crippen molar-refractivity contribution in [1.82, 2.24) is 5.32 Å². The van der Waals surface area contributed by atoms with Crippen LogP contribution in [0.2, 0.25) is 0 Å². The van der Waals surface area contributed by atoms with Crippen LogP contribution in [0.15, 0.2) is 30.3 Å². The van der Waals surface area contributed by atoms with Crippen molar-refractivity contribution in [2.45, 2.75) is 45.6 Å². The molecule has 0 aliphatic heterocycles. The molecule has 0 fully saturated rings. The first-order valence-electron chi connectivity index (χ1n) is 7.06. The van der Waals surface area contributed by atoms with Gasteiger partial charge in [0.1, 0.15) is 0 Å². The smallest absolute Gasteiger partial charge is 0.227 e. The number of nitrogens with one attached hydrogen (secondary N) is 1. The summed E-state index contributed by atoms with van der Waals surface area (Å²) in [7, 11) is 0. The zero-order chi connectivity index (χ0) is 14.3. The van der Waals surface area contributed by atoms with Gasteiger partial charge in [-0.1, -0.05) is 51.1 Å². The lowest BCUT2D eigenvalue weighted by molar-refractivity contribution is -0.123. The highest BCUT2D eigenvalue weighted by Crippen LogP contribution is 2.20. The van der Waals surface area contributed by atoms with Crippen LogP contribution in [-0.2, 0) is 4.79 Å². The molecule has 2 unspecified atom stereocenters. The van der Waals surface area contributed by atoms with Crippen LogP contribution in [0, 0.1) is 5.92 Å². The van der Waals surface area contributed by atoms with E-state index in [4.69, 9.17) is 5.11 Å². The Balaban J connectivity index is 2.74. The average molecular weight is 263 g/mol. The molecular weight excluding hydrogens is 238 g/mol. The molecule has 2 atom stereocenters. The first kappa shape index (κ1) is 15.7. The molecule has 0 radical (unpaired) electrons. The third-order valence-corrected chi connectivity index (χ3v) is 3.50. The highest BCUT2D eigenvalue weighted by molar-refractivity contribution is 5.83. The number of benzene rings is 1. The Kier molecular flexibility index (Phi) is 6.57. The summed E-state index contributed by atoms with van der Waals surface area (Å²) in [5.41, 5.74) is 1.05. The normalized spacial score (nSPS) is 14.2. The van der Waals surface area contributed by atoms with Crippen LogP contribution in [0.4, 0.5) is 0 Å². The fourth-order valence-corrected chi connectivity index (χ4v) is 2.25. The topological polar surface area (TPSA) is 49.3 Å². The average Bonchev–Trinajstić information content (AvgIpc) is 2.40. The standard InChI is InChI=1S/C16H25NO2/c1-4-14(13-8-6-5-7-9-13)16(19)17-15(10-11-18)12(2)3/h5-9,12,14-15,18H,4,10-11H2,1-3H3,(H,17,19). The van der Waals surface area contributed by atoms with Gasteiger partial charge in [0, 0.05) is 12.6 Å². The summed E-state index contributed by atoms with van der Waals surface area (Å²) in [5, 5.41) is 12.1. The molecule has 1 aromatic carbocycles. The largest absolute Gasteiger partial charge is 0.396 e. The molecule has 3 heteroatoms. The maximum Gasteiger partial charge on any atom is 0.227 e. The van der Waals surface area contributed by atoms with E-state index in [1.165, 1.54) is 0 Å². The minimum atomic E-state index is -0.110. The van der Waals surface area contributed by atoms with Crippen LogP contribution in [0.3, 0.4) is 0 Å². The molecule has 1 rings (SSSR count). The Morgan fingerprint density at radius 1 is 1.26 bits per heavy atom. The predicted molar refractivity (Wildman–Crippen MR) is 77.9 cm³/mol. The van der Waals surface area contributed by atoms with Crippen LogP contribution < -0.4 is 5.32 Å². The van der Waals surface area contributed by atoms with Gasteiger partial charge < -0.3 is 10.4 Å². The lowest BCUT2D eigenvalue weighted by Gasteiger charge is -2.24. The van der Waals surface area contributed by atoms with E-state index >= 15 is 0 Å². The number of hydrogen-bond donors (Lipinski definition) is 2. The van der Waals surface area contributed by atoms with E-state index in [1.54, 1.807) is 0 Å². The molecule has 106 valence electrons. The third kappa shape index (κ3) is 4.67. The molecule has 0 saturated carbocycles. The molecule has 1 aromatic rings. The molecule has 1 amide bonds. The number of aliphatic hydroxyl groups excluding tert-OH is 1. The van der Waals surface area contributed by atoms with Gasteiger partial charge in [-0.15, -0.1) is 0 Å². The maximum absolute atomic E-state index is 12.4. The molecule has 19 heavy (non-hydrogen) atoms. The van der Waals surface area contributed by atoms with Gasteiger partial charge in [0.25, 0.3) is 0 Å². The van der Waals surface area contributed by atoms with Gasteiger partial charge in [-0.25, -0.2) is 0 Å². The van der Waals surface area contributed by atoms with Gasteiger partial charge in [-0.2, -0.15) is 0 Å². The van der Waals surface area contributed by atoms with Crippen LogP contribution >= 0.6 is 0 Å². The van der Waals surface area contributed by atoms with Crippen molar-refractivity contribution in [2.75, 3.05) is 6.61 Å². The van der Waals surface area contributed by atoms with E-state index in [0.717, 1.165) is 12.0 Å². The van der Waals surface area contributed by atoms with Crippen molar-refractivity contribution in [3.05, 3.63) is 35.9 Å². The summed E-state index contributed by atoms with van der Waals surface area (Å²) in [6.07, 6.45) is 1.38. The summed E-state index contributed by atoms with van der Waals surface area (Å²) in [6.45, 7) is 6.24. The minimum absolute atomic E-state index is 0.0373. The van der Waals surface area contributed by atoms with Gasteiger partial charge in [-0.05, 0) is 24.3 Å². The Morgan fingerprint density at radius 2 is 1.89 bits per heavy atom. The van der Waals surface area contributed by atoms with Crippen molar-refractivity contribution in [3.63, 3.8) is 0 Å². The minimum Gasteiger partial charge on any atom is -0.396 e. The van der Waals surface area contributed by atoms with Crippen LogP contribution in [0.1, 0.15) is 45.1 Å². The number of amides is 1. The Morgan fingerprint density at radius 3 is 2.37 bits per heavy atom. The Labute approximate surface area is 116 Å². The summed E-state index contributed by atoms with van der Waals surface area (Å²) in [4.78, 5) is 12.4. The van der Waals surface area contributed by atoms with E-state index in [1.807, 2.05) is 37.3 Å². The first-order valence-corrected chi connectivity index (χ1v) is 7.06. The van der Waals surface area contributed by atoms with Gasteiger partial charge in [0.05, 0.1) is 5.92 Å². The molecule has 0 aliphatic carbocycles. The molecule has 0 spiro atoms. The van der Waals surface area contributed by atoms with Gasteiger partial charge >= 0.3 is 0 Å².